The molecule has 0 fully saturated rings. The standard InChI is InChI=1S/C13H18N4O2S/c1-4-9-16-11(13(18)19-5-2)12(14)17(9)6-10-15-8(3)7-20-10/h7H,4-6,14H2,1-3H3. The second-order valence-electron chi connectivity index (χ2n) is 4.30. The zero-order chi connectivity index (χ0) is 14.7. The fourth-order valence-corrected chi connectivity index (χ4v) is 2.68. The highest BCUT2D eigenvalue weighted by atomic mass is 32.1. The van der Waals surface area contributed by atoms with Gasteiger partial charge in [0.15, 0.2) is 5.69 Å². The Bertz CT molecular complexity index is 618. The van der Waals surface area contributed by atoms with E-state index in [2.05, 4.69) is 9.97 Å². The van der Waals surface area contributed by atoms with E-state index in [-0.39, 0.29) is 5.69 Å². The lowest BCUT2D eigenvalue weighted by Gasteiger charge is -2.06. The zero-order valence-corrected chi connectivity index (χ0v) is 12.7. The van der Waals surface area contributed by atoms with Crippen molar-refractivity contribution in [2.75, 3.05) is 12.3 Å². The molecule has 108 valence electrons. The predicted molar refractivity (Wildman–Crippen MR) is 77.9 cm³/mol. The van der Waals surface area contributed by atoms with Gasteiger partial charge in [-0.15, -0.1) is 11.3 Å². The minimum Gasteiger partial charge on any atom is -0.461 e. The van der Waals surface area contributed by atoms with E-state index in [1.165, 1.54) is 0 Å². The van der Waals surface area contributed by atoms with E-state index in [4.69, 9.17) is 10.5 Å². The maximum atomic E-state index is 11.8. The summed E-state index contributed by atoms with van der Waals surface area (Å²) in [5, 5.41) is 2.93. The molecule has 0 radical (unpaired) electrons. The van der Waals surface area contributed by atoms with Gasteiger partial charge < -0.3 is 15.0 Å². The van der Waals surface area contributed by atoms with Gasteiger partial charge >= 0.3 is 5.97 Å². The van der Waals surface area contributed by atoms with Gasteiger partial charge in [-0.2, -0.15) is 0 Å². The summed E-state index contributed by atoms with van der Waals surface area (Å²) in [4.78, 5) is 20.5. The number of aromatic nitrogens is 3. The Morgan fingerprint density at radius 1 is 1.45 bits per heavy atom. The van der Waals surface area contributed by atoms with Gasteiger partial charge in [-0.3, -0.25) is 0 Å². The lowest BCUT2D eigenvalue weighted by atomic mass is 10.4. The first-order valence-corrected chi connectivity index (χ1v) is 7.37. The van der Waals surface area contributed by atoms with Crippen LogP contribution in [0.1, 0.15) is 40.9 Å². The molecule has 2 aromatic rings. The summed E-state index contributed by atoms with van der Waals surface area (Å²) in [7, 11) is 0. The van der Waals surface area contributed by atoms with Crippen molar-refractivity contribution < 1.29 is 9.53 Å². The number of hydrogen-bond donors (Lipinski definition) is 1. The van der Waals surface area contributed by atoms with Crippen LogP contribution in [-0.4, -0.2) is 27.1 Å². The minimum absolute atomic E-state index is 0.192. The van der Waals surface area contributed by atoms with E-state index in [9.17, 15) is 4.79 Å². The highest BCUT2D eigenvalue weighted by Crippen LogP contribution is 2.20. The number of hydrogen-bond acceptors (Lipinski definition) is 6. The van der Waals surface area contributed by atoms with Crippen LogP contribution in [0, 0.1) is 6.92 Å². The Labute approximate surface area is 121 Å². The third-order valence-corrected chi connectivity index (χ3v) is 3.78. The number of esters is 1. The number of imidazole rings is 1. The normalized spacial score (nSPS) is 10.8. The molecule has 0 aromatic carbocycles. The van der Waals surface area contributed by atoms with Crippen LogP contribution in [0.15, 0.2) is 5.38 Å². The van der Waals surface area contributed by atoms with Gasteiger partial charge in [-0.25, -0.2) is 14.8 Å². The van der Waals surface area contributed by atoms with E-state index < -0.39 is 5.97 Å². The Hall–Kier alpha value is -1.89. The maximum absolute atomic E-state index is 11.8. The Morgan fingerprint density at radius 3 is 2.75 bits per heavy atom. The average Bonchev–Trinajstić information content (AvgIpc) is 2.96. The van der Waals surface area contributed by atoms with Crippen LogP contribution in [-0.2, 0) is 17.7 Å². The molecule has 2 aromatic heterocycles. The van der Waals surface area contributed by atoms with Crippen molar-refractivity contribution in [1.82, 2.24) is 14.5 Å². The van der Waals surface area contributed by atoms with Gasteiger partial charge in [0.2, 0.25) is 0 Å². The molecule has 0 unspecified atom stereocenters. The molecule has 0 amide bonds. The van der Waals surface area contributed by atoms with Crippen LogP contribution in [0.4, 0.5) is 5.82 Å². The highest BCUT2D eigenvalue weighted by Gasteiger charge is 2.21. The molecular weight excluding hydrogens is 276 g/mol. The van der Waals surface area contributed by atoms with Gasteiger partial charge in [0, 0.05) is 17.5 Å². The van der Waals surface area contributed by atoms with Gasteiger partial charge in [-0.05, 0) is 13.8 Å². The number of anilines is 1. The number of ether oxygens (including phenoxy) is 1. The number of rotatable bonds is 5. The van der Waals surface area contributed by atoms with Gasteiger partial charge in [0.25, 0.3) is 0 Å². The molecule has 0 aliphatic rings. The summed E-state index contributed by atoms with van der Waals surface area (Å²) in [5.74, 6) is 0.625. The average molecular weight is 294 g/mol. The van der Waals surface area contributed by atoms with E-state index in [1.807, 2.05) is 23.8 Å². The molecule has 6 nitrogen and oxygen atoms in total. The number of carbonyl (C=O) groups is 1. The van der Waals surface area contributed by atoms with Crippen LogP contribution < -0.4 is 5.73 Å². The Morgan fingerprint density at radius 2 is 2.20 bits per heavy atom. The molecule has 0 saturated heterocycles. The lowest BCUT2D eigenvalue weighted by Crippen LogP contribution is -2.11. The molecule has 0 atom stereocenters. The van der Waals surface area contributed by atoms with E-state index in [0.717, 1.165) is 16.5 Å². The summed E-state index contributed by atoms with van der Waals surface area (Å²) in [6, 6.07) is 0. The summed E-state index contributed by atoms with van der Waals surface area (Å²) in [6.07, 6.45) is 0.688. The SMILES string of the molecule is CCOC(=O)c1nc(CC)n(Cc2nc(C)cs2)c1N. The number of aryl methyl sites for hydroxylation is 2. The van der Waals surface area contributed by atoms with E-state index in [0.29, 0.717) is 25.4 Å². The van der Waals surface area contributed by atoms with Crippen molar-refractivity contribution in [3.05, 3.63) is 27.6 Å². The number of nitrogens with zero attached hydrogens (tertiary/aromatic N) is 3. The lowest BCUT2D eigenvalue weighted by molar-refractivity contribution is 0.0521. The molecule has 0 aliphatic heterocycles. The predicted octanol–water partition coefficient (Wildman–Crippen LogP) is 2.02. The molecule has 0 saturated carbocycles. The number of thiazole rings is 1. The topological polar surface area (TPSA) is 83.0 Å². The summed E-state index contributed by atoms with van der Waals surface area (Å²) in [5.41, 5.74) is 7.21. The zero-order valence-electron chi connectivity index (χ0n) is 11.8. The molecule has 20 heavy (non-hydrogen) atoms. The smallest absolute Gasteiger partial charge is 0.360 e. The molecule has 0 aliphatic carbocycles. The maximum Gasteiger partial charge on any atom is 0.360 e. The van der Waals surface area contributed by atoms with Crippen molar-refractivity contribution in [2.45, 2.75) is 33.7 Å². The van der Waals surface area contributed by atoms with Crippen molar-refractivity contribution in [1.29, 1.82) is 0 Å². The van der Waals surface area contributed by atoms with Crippen LogP contribution in [0.5, 0.6) is 0 Å². The summed E-state index contributed by atoms with van der Waals surface area (Å²) >= 11 is 1.57. The third-order valence-electron chi connectivity index (χ3n) is 2.83. The largest absolute Gasteiger partial charge is 0.461 e. The van der Waals surface area contributed by atoms with Crippen molar-refractivity contribution >= 4 is 23.1 Å². The van der Waals surface area contributed by atoms with E-state index in [1.54, 1.807) is 18.3 Å². The molecule has 0 bridgehead atoms. The first-order valence-electron chi connectivity index (χ1n) is 6.49. The third kappa shape index (κ3) is 2.82. The fraction of sp³-hybridized carbons (Fsp3) is 0.462. The first kappa shape index (κ1) is 14.5. The van der Waals surface area contributed by atoms with Crippen LogP contribution in [0.3, 0.4) is 0 Å². The van der Waals surface area contributed by atoms with Crippen LogP contribution >= 0.6 is 11.3 Å². The van der Waals surface area contributed by atoms with E-state index >= 15 is 0 Å². The van der Waals surface area contributed by atoms with Crippen molar-refractivity contribution in [3.8, 4) is 0 Å². The van der Waals surface area contributed by atoms with Crippen LogP contribution in [0.2, 0.25) is 0 Å². The molecule has 0 spiro atoms. The van der Waals surface area contributed by atoms with Crippen molar-refractivity contribution in [2.24, 2.45) is 0 Å². The summed E-state index contributed by atoms with van der Waals surface area (Å²) < 4.78 is 6.79. The fourth-order valence-electron chi connectivity index (χ4n) is 1.92. The van der Waals surface area contributed by atoms with Gasteiger partial charge in [-0.1, -0.05) is 6.92 Å². The Kier molecular flexibility index (Phi) is 4.39. The molecule has 2 N–H and O–H groups in total. The van der Waals surface area contributed by atoms with Crippen LogP contribution in [0.25, 0.3) is 0 Å². The quantitative estimate of drug-likeness (QED) is 0.853. The second kappa shape index (κ2) is 6.04. The molecule has 2 rings (SSSR count). The van der Waals surface area contributed by atoms with Gasteiger partial charge in [0.1, 0.15) is 16.6 Å². The minimum atomic E-state index is -0.478. The number of carbonyl (C=O) groups excluding carboxylic acids is 1. The molecular formula is C13H18N4O2S. The Balaban J connectivity index is 2.34. The van der Waals surface area contributed by atoms with Gasteiger partial charge in [0.05, 0.1) is 13.2 Å². The van der Waals surface area contributed by atoms with Crippen molar-refractivity contribution in [3.63, 3.8) is 0 Å². The monoisotopic (exact) mass is 294 g/mol. The molecule has 2 heterocycles. The number of nitrogen functional groups attached to an aromatic ring is 1. The summed E-state index contributed by atoms with van der Waals surface area (Å²) in [6.45, 7) is 6.50. The molecule has 7 heteroatoms. The first-order chi connectivity index (χ1) is 9.56. The number of nitrogens with two attached hydrogens (primary N) is 1. The highest BCUT2D eigenvalue weighted by molar-refractivity contribution is 7.09. The second-order valence-corrected chi connectivity index (χ2v) is 5.25.